The number of aryl methyl sites for hydroxylation is 2. The van der Waals surface area contributed by atoms with E-state index >= 15 is 0 Å². The third-order valence-corrected chi connectivity index (χ3v) is 27.7. The Morgan fingerprint density at radius 3 is 0.912 bits per heavy atom. The third kappa shape index (κ3) is 28.4. The van der Waals surface area contributed by atoms with E-state index in [0.29, 0.717) is 142 Å². The number of rotatable bonds is 34. The van der Waals surface area contributed by atoms with Crippen LogP contribution < -0.4 is 9.74 Å². The van der Waals surface area contributed by atoms with Gasteiger partial charge in [-0.05, 0) is 286 Å². The van der Waals surface area contributed by atoms with Crippen molar-refractivity contribution in [1.82, 2.24) is 24.9 Å². The van der Waals surface area contributed by atoms with Gasteiger partial charge in [0, 0.05) is 122 Å². The van der Waals surface area contributed by atoms with Crippen LogP contribution in [-0.4, -0.2) is 100 Å². The van der Waals surface area contributed by atoms with E-state index in [0.717, 1.165) is 131 Å². The van der Waals surface area contributed by atoms with E-state index in [1.807, 2.05) is 181 Å². The molecule has 0 fully saturated rings. The number of carbonyl (C=O) groups is 5. The Labute approximate surface area is 908 Å². The Bertz CT molecular complexity index is 7500. The lowest BCUT2D eigenvalue weighted by Crippen LogP contribution is -2.29. The number of H-pyrrole nitrogens is 1. The number of pyridine rings is 5. The highest BCUT2D eigenvalue weighted by Crippen LogP contribution is 2.49. The van der Waals surface area contributed by atoms with Gasteiger partial charge in [-0.25, -0.2) is 9.97 Å². The fraction of sp³-hybridized carbons (Fsp3) is 0.287. The molecule has 5 unspecified atom stereocenters. The summed E-state index contributed by atoms with van der Waals surface area (Å²) in [5, 5.41) is 19.4. The molecule has 19 nitrogen and oxygen atoms in total. The van der Waals surface area contributed by atoms with Crippen molar-refractivity contribution in [3.05, 3.63) is 324 Å². The van der Waals surface area contributed by atoms with Crippen LogP contribution >= 0.6 is 116 Å². The van der Waals surface area contributed by atoms with Gasteiger partial charge < -0.3 is 33.2 Å². The summed E-state index contributed by atoms with van der Waals surface area (Å²) in [5.41, 5.74) is 10.1. The number of carboxylic acids is 1. The maximum Gasteiger partial charge on any atom is 0.534 e. The molecule has 0 aliphatic heterocycles. The number of fused-ring (bicyclic) bond motifs is 5. The monoisotopic (exact) mass is 2220 g/mol. The fourth-order valence-corrected chi connectivity index (χ4v) is 19.9. The van der Waals surface area contributed by atoms with Crippen molar-refractivity contribution >= 4 is 217 Å². The van der Waals surface area contributed by atoms with Crippen molar-refractivity contribution in [3.8, 4) is 61.5 Å². The second-order valence-electron chi connectivity index (χ2n) is 34.2. The second kappa shape index (κ2) is 54.3. The average molecular weight is 2230 g/mol. The summed E-state index contributed by atoms with van der Waals surface area (Å²) in [6, 6.07) is 62.7. The van der Waals surface area contributed by atoms with Crippen molar-refractivity contribution in [2.24, 2.45) is 0 Å². The van der Waals surface area contributed by atoms with Crippen LogP contribution in [0.5, 0.6) is 5.88 Å². The molecule has 2 N–H and O–H groups in total. The van der Waals surface area contributed by atoms with Crippen LogP contribution in [-0.2, 0) is 65.9 Å². The Morgan fingerprint density at radius 1 is 0.351 bits per heavy atom. The van der Waals surface area contributed by atoms with Gasteiger partial charge in [-0.3, -0.25) is 38.7 Å². The molecule has 5 atom stereocenters. The number of nitrogens with one attached hydrogen (secondary N) is 1. The van der Waals surface area contributed by atoms with Crippen LogP contribution in [0, 0.1) is 0 Å². The van der Waals surface area contributed by atoms with Gasteiger partial charge in [0.1, 0.15) is 0 Å². The predicted molar refractivity (Wildman–Crippen MR) is 596 cm³/mol. The summed E-state index contributed by atoms with van der Waals surface area (Å²) in [5.74, 6) is -6.61. The van der Waals surface area contributed by atoms with Crippen molar-refractivity contribution in [2.75, 3.05) is 26.4 Å². The largest absolute Gasteiger partial charge is 0.534 e. The fourth-order valence-electron chi connectivity index (χ4n) is 18.0. The van der Waals surface area contributed by atoms with Crippen molar-refractivity contribution in [1.29, 1.82) is 0 Å². The predicted octanol–water partition coefficient (Wildman–Crippen LogP) is 34.1. The first kappa shape index (κ1) is 117. The van der Waals surface area contributed by atoms with Crippen molar-refractivity contribution in [2.45, 2.75) is 188 Å². The smallest absolute Gasteiger partial charge is 0.481 e. The highest BCUT2D eigenvalue weighted by atomic mass is 35.5. The average Bonchev–Trinajstić information content (AvgIpc) is 0.720. The van der Waals surface area contributed by atoms with E-state index in [1.165, 1.54) is 18.2 Å². The normalized spacial score (nSPS) is 12.4. The summed E-state index contributed by atoms with van der Waals surface area (Å²) in [7, 11) is -6.10. The number of hydrogen-bond donors (Lipinski definition) is 2. The molecule has 0 radical (unpaired) electrons. The second-order valence-corrected chi connectivity index (χ2v) is 40.1. The quantitative estimate of drug-likeness (QED) is 0.0164. The summed E-state index contributed by atoms with van der Waals surface area (Å²) < 4.78 is 89.6. The maximum absolute atomic E-state index is 13.2. The standard InChI is InChI=1S/C24H25Cl2NO2.C24H23Cl2NO2.C23H20Cl2F3NO5S.C22H21Cl2NO3.C22H21Cl2NO2/c2*1-4-7-18(24(28)29-6-3)23-20(5-2)27-21-13-12-17(26)14-19(21)22(23)15-8-10-16(25)11-9-15;1-3-5-16(22(30)33-4-2)20-19(13-6-8-14(24)9-7-13)17-12-15(25)10-11-18(17)29-21(20)34-35(31,32)23(26,27)28;1-3-5-16(22(27)28-4-2)20-19(13-6-8-14(23)9-7-13)17-12-15(24)10-11-18(17)25-21(20)26;1-3-5-16(22(26)27)21-18(4-2)25-19-11-10-15(24)12-17(19)20(21)13-6-8-14(23)9-7-13/h8-14,18H,4-7H2,1-3H3;5,8-14,18H,2,4,6-7H2,1,3H3;6-12,16H,3-5H2,1-2H3;6-12,16H,3-5H2,1-2H3,(H,25,26);6-12,16H,3-5H2,1-2H3,(H,26,27). The van der Waals surface area contributed by atoms with Crippen LogP contribution in [0.3, 0.4) is 0 Å². The zero-order chi connectivity index (χ0) is 108. The first-order chi connectivity index (χ1) is 70.8. The van der Waals surface area contributed by atoms with Gasteiger partial charge in [-0.1, -0.05) is 264 Å². The Kier molecular flexibility index (Phi) is 42.9. The zero-order valence-electron chi connectivity index (χ0n) is 83.1. The molecule has 0 bridgehead atoms. The van der Waals surface area contributed by atoms with Crippen LogP contribution in [0.1, 0.15) is 215 Å². The lowest BCUT2D eigenvalue weighted by molar-refractivity contribution is -0.146. The summed E-state index contributed by atoms with van der Waals surface area (Å²) >= 11 is 61.8. The third-order valence-electron chi connectivity index (χ3n) is 24.3. The van der Waals surface area contributed by atoms with E-state index < -0.39 is 63.1 Å². The number of halogens is 13. The van der Waals surface area contributed by atoms with E-state index in [4.69, 9.17) is 150 Å². The van der Waals surface area contributed by atoms with E-state index in [2.05, 4.69) is 34.6 Å². The van der Waals surface area contributed by atoms with E-state index in [-0.39, 0.29) is 59.7 Å². The number of aliphatic carboxylic acids is 1. The molecule has 0 aliphatic carbocycles. The minimum Gasteiger partial charge on any atom is -0.481 e. The molecule has 15 rings (SSSR count). The molecule has 0 spiro atoms. The lowest BCUT2D eigenvalue weighted by Gasteiger charge is -2.23. The molecule has 5 heterocycles. The molecule has 15 aromatic rings. The SMILES string of the molecule is C=Cc1nc2ccc(Cl)cc2c(-c2ccc(Cl)cc2)c1C(CCC)C(=O)OCC.CCCC(C(=O)O)c1c(CC)nc2ccc(Cl)cc2c1-c1ccc(Cl)cc1.CCCC(C(=O)OCC)c1c(-c2ccc(Cl)cc2)c2cc(Cl)ccc2[nH]c1=O.CCCC(C(=O)OCC)c1c(CC)nc2ccc(Cl)cc2c1-c1ccc(Cl)cc1.CCCC(C(=O)OCC)c1c(OS(=O)(=O)C(F)(F)F)nc2ccc(Cl)cc2c1-c1ccc(Cl)cc1. The van der Waals surface area contributed by atoms with Gasteiger partial charge in [0.15, 0.2) is 0 Å². The summed E-state index contributed by atoms with van der Waals surface area (Å²) in [4.78, 5) is 98.1. The van der Waals surface area contributed by atoms with Crippen molar-refractivity contribution in [3.63, 3.8) is 0 Å². The molecule has 5 aromatic heterocycles. The number of carbonyl (C=O) groups excluding carboxylic acids is 4. The van der Waals surface area contributed by atoms with Crippen molar-refractivity contribution < 1.29 is 73.8 Å². The van der Waals surface area contributed by atoms with Gasteiger partial charge in [0.25, 0.3) is 5.56 Å². The number of aromatic nitrogens is 5. The van der Waals surface area contributed by atoms with Gasteiger partial charge in [0.2, 0.25) is 5.88 Å². The van der Waals surface area contributed by atoms with Crippen LogP contribution in [0.25, 0.3) is 116 Å². The van der Waals surface area contributed by atoms with E-state index in [1.54, 1.807) is 81.4 Å². The topological polar surface area (TPSA) is 270 Å². The molecule has 0 amide bonds. The molecule has 0 aliphatic rings. The number of alkyl halides is 3. The minimum absolute atomic E-state index is 0.000790. The molecule has 776 valence electrons. The molecule has 148 heavy (non-hydrogen) atoms. The number of carboxylic acid groups (broad SMARTS) is 1. The highest BCUT2D eigenvalue weighted by Gasteiger charge is 2.50. The Balaban J connectivity index is 0.000000176. The van der Waals surface area contributed by atoms with E-state index in [9.17, 15) is 55.5 Å². The van der Waals surface area contributed by atoms with Crippen LogP contribution in [0.4, 0.5) is 13.2 Å². The van der Waals surface area contributed by atoms with Crippen LogP contribution in [0.15, 0.2) is 224 Å². The van der Waals surface area contributed by atoms with Crippen LogP contribution in [0.2, 0.25) is 50.2 Å². The molecular weight excluding hydrogens is 2120 g/mol. The van der Waals surface area contributed by atoms with Gasteiger partial charge in [0.05, 0.1) is 83.8 Å². The summed E-state index contributed by atoms with van der Waals surface area (Å²) in [6.45, 7) is 25.8. The molecule has 10 aromatic carbocycles. The van der Waals surface area contributed by atoms with Gasteiger partial charge >= 0.3 is 45.5 Å². The number of nitrogens with zero attached hydrogens (tertiary/aromatic N) is 4. The first-order valence-electron chi connectivity index (χ1n) is 48.5. The molecular formula is C115H110Cl10F3N5O14S. The number of esters is 4. The zero-order valence-corrected chi connectivity index (χ0v) is 91.4. The summed E-state index contributed by atoms with van der Waals surface area (Å²) in [6.07, 6.45) is 9.21. The minimum atomic E-state index is -6.10. The molecule has 33 heteroatoms. The molecule has 0 saturated carbocycles. The van der Waals surface area contributed by atoms with Gasteiger partial charge in [-0.2, -0.15) is 21.6 Å². The lowest BCUT2D eigenvalue weighted by atomic mass is 9.84. The number of aromatic amines is 1. The Hall–Kier alpha value is -11.4. The first-order valence-corrected chi connectivity index (χ1v) is 53.7. The van der Waals surface area contributed by atoms with Gasteiger partial charge in [-0.15, -0.1) is 0 Å². The number of benzene rings is 10. The highest BCUT2D eigenvalue weighted by molar-refractivity contribution is 7.88. The maximum atomic E-state index is 13.2. The number of hydrogen-bond acceptors (Lipinski definition) is 17. The molecule has 0 saturated heterocycles. The number of ether oxygens (including phenoxy) is 4. The Morgan fingerprint density at radius 2 is 0.608 bits per heavy atom.